The van der Waals surface area contributed by atoms with Crippen molar-refractivity contribution >= 4 is 0 Å². The number of benzene rings is 4. The predicted octanol–water partition coefficient (Wildman–Crippen LogP) is 6.76. The smallest absolute Gasteiger partial charge is 0.127 e. The van der Waals surface area contributed by atoms with Crippen molar-refractivity contribution in [3.05, 3.63) is 132 Å². The van der Waals surface area contributed by atoms with Gasteiger partial charge in [-0.15, -0.1) is 0 Å². The third-order valence-corrected chi connectivity index (χ3v) is 3.82. The summed E-state index contributed by atoms with van der Waals surface area (Å²) in [6.45, 7) is 0. The molecule has 0 aromatic heterocycles. The van der Waals surface area contributed by atoms with Crippen LogP contribution in [0.3, 0.4) is 0 Å². The van der Waals surface area contributed by atoms with E-state index < -0.39 is 0 Å². The van der Waals surface area contributed by atoms with Gasteiger partial charge in [-0.2, -0.15) is 0 Å². The Bertz CT molecular complexity index is 705. The zero-order valence-electron chi connectivity index (χ0n) is 14.7. The van der Waals surface area contributed by atoms with Crippen molar-refractivity contribution in [3.63, 3.8) is 0 Å². The highest BCUT2D eigenvalue weighted by atomic mass is 16.5. The summed E-state index contributed by atoms with van der Waals surface area (Å²) in [4.78, 5) is 0. The molecule has 0 aliphatic rings. The Kier molecular flexibility index (Phi) is 6.63. The van der Waals surface area contributed by atoms with Crippen molar-refractivity contribution in [2.75, 3.05) is 0 Å². The summed E-state index contributed by atoms with van der Waals surface area (Å²) in [5.41, 5.74) is 2.74. The lowest BCUT2D eigenvalue weighted by atomic mass is 10.1. The molecule has 4 aromatic rings. The highest BCUT2D eigenvalue weighted by Crippen LogP contribution is 2.19. The number of ether oxygens (including phenoxy) is 1. The van der Waals surface area contributed by atoms with Gasteiger partial charge >= 0.3 is 0 Å². The molecule has 0 spiro atoms. The molecule has 4 aromatic carbocycles. The van der Waals surface area contributed by atoms with Gasteiger partial charge in [0.15, 0.2) is 0 Å². The molecule has 0 aliphatic heterocycles. The second-order valence-corrected chi connectivity index (χ2v) is 5.88. The summed E-state index contributed by atoms with van der Waals surface area (Å²) in [6, 6.07) is 40.6. The Balaban J connectivity index is 0.000000151. The zero-order chi connectivity index (χ0) is 17.9. The van der Waals surface area contributed by atoms with Crippen LogP contribution in [0.1, 0.15) is 11.1 Å². The summed E-state index contributed by atoms with van der Waals surface area (Å²) in [7, 11) is 0. The highest BCUT2D eigenvalue weighted by Gasteiger charge is 1.93. The quantitative estimate of drug-likeness (QED) is 0.399. The van der Waals surface area contributed by atoms with E-state index in [1.54, 1.807) is 0 Å². The fourth-order valence-corrected chi connectivity index (χ4v) is 2.54. The molecular weight excluding hydrogens is 316 g/mol. The monoisotopic (exact) mass is 338 g/mol. The van der Waals surface area contributed by atoms with E-state index in [-0.39, 0.29) is 0 Å². The van der Waals surface area contributed by atoms with Gasteiger partial charge in [-0.3, -0.25) is 0 Å². The molecule has 0 N–H and O–H groups in total. The molecule has 0 unspecified atom stereocenters. The molecule has 1 nitrogen and oxygen atoms in total. The molecule has 4 rings (SSSR count). The SMILES string of the molecule is c1ccc(Cc2ccccc2)cc1.c1ccc(Oc2ccccc2)cc1. The Morgan fingerprint density at radius 1 is 0.385 bits per heavy atom. The average Bonchev–Trinajstić information content (AvgIpc) is 2.72. The molecule has 0 heterocycles. The first-order chi connectivity index (χ1) is 12.9. The molecule has 128 valence electrons. The highest BCUT2D eigenvalue weighted by molar-refractivity contribution is 5.30. The topological polar surface area (TPSA) is 9.23 Å². The van der Waals surface area contributed by atoms with Crippen molar-refractivity contribution in [1.29, 1.82) is 0 Å². The first-order valence-corrected chi connectivity index (χ1v) is 8.76. The summed E-state index contributed by atoms with van der Waals surface area (Å²) in [5, 5.41) is 0. The van der Waals surface area contributed by atoms with Gasteiger partial charge in [-0.25, -0.2) is 0 Å². The van der Waals surface area contributed by atoms with Crippen molar-refractivity contribution in [2.45, 2.75) is 6.42 Å². The van der Waals surface area contributed by atoms with Crippen LogP contribution in [0.25, 0.3) is 0 Å². The standard InChI is InChI=1S/C13H12.C12H10O/c1-3-7-12(8-4-1)11-13-9-5-2-6-10-13;1-3-7-11(8-4-1)13-12-9-5-2-6-10-12/h1-10H,11H2;1-10H. The molecule has 0 saturated carbocycles. The van der Waals surface area contributed by atoms with E-state index >= 15 is 0 Å². The maximum Gasteiger partial charge on any atom is 0.127 e. The van der Waals surface area contributed by atoms with Crippen LogP contribution in [-0.2, 0) is 6.42 Å². The second kappa shape index (κ2) is 9.85. The molecule has 0 saturated heterocycles. The van der Waals surface area contributed by atoms with Gasteiger partial charge in [0.1, 0.15) is 11.5 Å². The van der Waals surface area contributed by atoms with E-state index in [1.807, 2.05) is 60.7 Å². The predicted molar refractivity (Wildman–Crippen MR) is 109 cm³/mol. The van der Waals surface area contributed by atoms with Crippen molar-refractivity contribution < 1.29 is 4.74 Å². The molecule has 1 heteroatoms. The zero-order valence-corrected chi connectivity index (χ0v) is 14.7. The lowest BCUT2D eigenvalue weighted by Gasteiger charge is -2.03. The lowest BCUT2D eigenvalue weighted by molar-refractivity contribution is 0.482. The van der Waals surface area contributed by atoms with Gasteiger partial charge in [0.25, 0.3) is 0 Å². The Labute approximate surface area is 155 Å². The van der Waals surface area contributed by atoms with Crippen molar-refractivity contribution in [2.24, 2.45) is 0 Å². The lowest BCUT2D eigenvalue weighted by Crippen LogP contribution is -1.85. The first kappa shape index (κ1) is 17.5. The number of para-hydroxylation sites is 2. The van der Waals surface area contributed by atoms with Crippen LogP contribution in [0.15, 0.2) is 121 Å². The van der Waals surface area contributed by atoms with Crippen molar-refractivity contribution in [1.82, 2.24) is 0 Å². The van der Waals surface area contributed by atoms with Gasteiger partial charge in [-0.1, -0.05) is 97.1 Å². The summed E-state index contributed by atoms with van der Waals surface area (Å²) in [5.74, 6) is 1.74. The fourth-order valence-electron chi connectivity index (χ4n) is 2.54. The molecule has 0 bridgehead atoms. The van der Waals surface area contributed by atoms with Gasteiger partial charge in [-0.05, 0) is 41.8 Å². The minimum absolute atomic E-state index is 0.869. The summed E-state index contributed by atoms with van der Waals surface area (Å²) >= 11 is 0. The van der Waals surface area contributed by atoms with Gasteiger partial charge in [0.05, 0.1) is 0 Å². The van der Waals surface area contributed by atoms with Gasteiger partial charge in [0.2, 0.25) is 0 Å². The Hall–Kier alpha value is -3.32. The van der Waals surface area contributed by atoms with Crippen molar-refractivity contribution in [3.8, 4) is 11.5 Å². The van der Waals surface area contributed by atoms with Crippen LogP contribution in [0.5, 0.6) is 11.5 Å². The number of hydrogen-bond donors (Lipinski definition) is 0. The third kappa shape index (κ3) is 5.95. The van der Waals surface area contributed by atoms with E-state index in [0.717, 1.165) is 17.9 Å². The maximum atomic E-state index is 5.58. The third-order valence-electron chi connectivity index (χ3n) is 3.82. The minimum atomic E-state index is 0.869. The molecule has 0 atom stereocenters. The van der Waals surface area contributed by atoms with Crippen LogP contribution in [0.2, 0.25) is 0 Å². The largest absolute Gasteiger partial charge is 0.457 e. The number of rotatable bonds is 4. The molecular formula is C25H22O. The maximum absolute atomic E-state index is 5.58. The van der Waals surface area contributed by atoms with E-state index in [9.17, 15) is 0 Å². The van der Waals surface area contributed by atoms with E-state index in [4.69, 9.17) is 4.74 Å². The molecule has 0 fully saturated rings. The normalized spacial score (nSPS) is 9.69. The van der Waals surface area contributed by atoms with Crippen LogP contribution in [-0.4, -0.2) is 0 Å². The fraction of sp³-hybridized carbons (Fsp3) is 0.0400. The van der Waals surface area contributed by atoms with Crippen LogP contribution in [0, 0.1) is 0 Å². The summed E-state index contributed by atoms with van der Waals surface area (Å²) < 4.78 is 5.58. The molecule has 0 radical (unpaired) electrons. The average molecular weight is 338 g/mol. The van der Waals surface area contributed by atoms with E-state index in [1.165, 1.54) is 11.1 Å². The van der Waals surface area contributed by atoms with Gasteiger partial charge < -0.3 is 4.74 Å². The van der Waals surface area contributed by atoms with Crippen LogP contribution < -0.4 is 4.74 Å². The number of hydrogen-bond acceptors (Lipinski definition) is 1. The van der Waals surface area contributed by atoms with Gasteiger partial charge in [0, 0.05) is 0 Å². The van der Waals surface area contributed by atoms with E-state index in [0.29, 0.717) is 0 Å². The van der Waals surface area contributed by atoms with E-state index in [2.05, 4.69) is 60.7 Å². The first-order valence-electron chi connectivity index (χ1n) is 8.76. The Morgan fingerprint density at radius 3 is 1.04 bits per heavy atom. The molecule has 0 aliphatic carbocycles. The molecule has 26 heavy (non-hydrogen) atoms. The molecule has 0 amide bonds. The summed E-state index contributed by atoms with van der Waals surface area (Å²) in [6.07, 6.45) is 1.03. The Morgan fingerprint density at radius 2 is 0.692 bits per heavy atom. The van der Waals surface area contributed by atoms with Crippen LogP contribution in [0.4, 0.5) is 0 Å². The van der Waals surface area contributed by atoms with Crippen LogP contribution >= 0.6 is 0 Å². The minimum Gasteiger partial charge on any atom is -0.457 e. The second-order valence-electron chi connectivity index (χ2n) is 5.88.